The van der Waals surface area contributed by atoms with Crippen LogP contribution in [0.3, 0.4) is 0 Å². The number of methoxy groups -OCH3 is 1. The molecular weight excluding hydrogens is 256 g/mol. The van der Waals surface area contributed by atoms with Gasteiger partial charge in [0.2, 0.25) is 0 Å². The highest BCUT2D eigenvalue weighted by Gasteiger charge is 2.07. The van der Waals surface area contributed by atoms with Gasteiger partial charge in [-0.3, -0.25) is 0 Å². The Balaban J connectivity index is 2.49. The molecular formula is C12H17ClN2OS. The minimum absolute atomic E-state index is 0.221. The van der Waals surface area contributed by atoms with Gasteiger partial charge < -0.3 is 15.4 Å². The second-order valence-electron chi connectivity index (χ2n) is 3.67. The molecule has 1 rings (SSSR count). The molecule has 0 saturated carbocycles. The van der Waals surface area contributed by atoms with Gasteiger partial charge >= 0.3 is 0 Å². The van der Waals surface area contributed by atoms with E-state index in [1.54, 1.807) is 7.11 Å². The van der Waals surface area contributed by atoms with Crippen molar-refractivity contribution in [1.82, 2.24) is 5.32 Å². The largest absolute Gasteiger partial charge is 0.383 e. The number of thiocarbonyl (C=S) groups is 1. The highest BCUT2D eigenvalue weighted by molar-refractivity contribution is 7.80. The number of benzene rings is 1. The van der Waals surface area contributed by atoms with E-state index in [1.807, 2.05) is 24.3 Å². The molecule has 0 aromatic heterocycles. The van der Waals surface area contributed by atoms with Crippen molar-refractivity contribution in [2.75, 3.05) is 19.0 Å². The number of hydrogen-bond acceptors (Lipinski definition) is 2. The van der Waals surface area contributed by atoms with E-state index < -0.39 is 0 Å². The van der Waals surface area contributed by atoms with E-state index in [4.69, 9.17) is 28.6 Å². The second kappa shape index (κ2) is 7.48. The fraction of sp³-hybridized carbons (Fsp3) is 0.417. The zero-order valence-corrected chi connectivity index (χ0v) is 11.6. The Hall–Kier alpha value is -0.840. The summed E-state index contributed by atoms with van der Waals surface area (Å²) in [5.41, 5.74) is 0.877. The third-order valence-corrected chi connectivity index (χ3v) is 2.73. The molecule has 5 heteroatoms. The molecule has 0 fully saturated rings. The smallest absolute Gasteiger partial charge is 0.171 e. The number of rotatable bonds is 5. The fourth-order valence-corrected chi connectivity index (χ4v) is 1.86. The van der Waals surface area contributed by atoms with Gasteiger partial charge in [0.25, 0.3) is 0 Å². The Bertz CT molecular complexity index is 373. The topological polar surface area (TPSA) is 33.3 Å². The summed E-state index contributed by atoms with van der Waals surface area (Å²) in [6, 6.07) is 7.66. The van der Waals surface area contributed by atoms with Crippen molar-refractivity contribution in [2.45, 2.75) is 19.4 Å². The maximum atomic E-state index is 5.89. The summed E-state index contributed by atoms with van der Waals surface area (Å²) in [6.45, 7) is 2.71. The summed E-state index contributed by atoms with van der Waals surface area (Å²) in [7, 11) is 1.68. The maximum Gasteiger partial charge on any atom is 0.171 e. The predicted octanol–water partition coefficient (Wildman–Crippen LogP) is 3.05. The summed E-state index contributed by atoms with van der Waals surface area (Å²) >= 11 is 11.1. The zero-order valence-electron chi connectivity index (χ0n) is 10.00. The van der Waals surface area contributed by atoms with E-state index in [0.717, 1.165) is 12.1 Å². The average Bonchev–Trinajstić information content (AvgIpc) is 2.28. The Morgan fingerprint density at radius 1 is 1.53 bits per heavy atom. The zero-order chi connectivity index (χ0) is 12.7. The first-order valence-corrected chi connectivity index (χ1v) is 6.26. The van der Waals surface area contributed by atoms with Crippen LogP contribution >= 0.6 is 23.8 Å². The molecule has 0 aliphatic carbocycles. The van der Waals surface area contributed by atoms with Crippen LogP contribution < -0.4 is 10.6 Å². The van der Waals surface area contributed by atoms with Crippen LogP contribution in [0.25, 0.3) is 0 Å². The van der Waals surface area contributed by atoms with Crippen LogP contribution in [-0.2, 0) is 4.74 Å². The van der Waals surface area contributed by atoms with Crippen LogP contribution in [0.4, 0.5) is 5.69 Å². The summed E-state index contributed by atoms with van der Waals surface area (Å²) < 4.78 is 5.09. The molecule has 1 atom stereocenters. The van der Waals surface area contributed by atoms with Crippen molar-refractivity contribution in [3.63, 3.8) is 0 Å². The molecule has 0 heterocycles. The Labute approximate surface area is 112 Å². The van der Waals surface area contributed by atoms with Crippen molar-refractivity contribution in [3.05, 3.63) is 29.3 Å². The molecule has 17 heavy (non-hydrogen) atoms. The lowest BCUT2D eigenvalue weighted by Crippen LogP contribution is -2.40. The highest BCUT2D eigenvalue weighted by atomic mass is 35.5. The van der Waals surface area contributed by atoms with Crippen molar-refractivity contribution in [2.24, 2.45) is 0 Å². The number of anilines is 1. The molecule has 1 aromatic rings. The van der Waals surface area contributed by atoms with Crippen LogP contribution in [0.5, 0.6) is 0 Å². The minimum Gasteiger partial charge on any atom is -0.383 e. The van der Waals surface area contributed by atoms with E-state index in [-0.39, 0.29) is 6.04 Å². The highest BCUT2D eigenvalue weighted by Crippen LogP contribution is 2.14. The molecule has 0 aliphatic heterocycles. The van der Waals surface area contributed by atoms with Crippen LogP contribution in [0.15, 0.2) is 24.3 Å². The molecule has 1 aromatic carbocycles. The van der Waals surface area contributed by atoms with Gasteiger partial charge in [-0.15, -0.1) is 0 Å². The number of nitrogens with one attached hydrogen (secondary N) is 2. The fourth-order valence-electron chi connectivity index (χ4n) is 1.38. The van der Waals surface area contributed by atoms with Crippen molar-refractivity contribution in [3.8, 4) is 0 Å². The first-order valence-electron chi connectivity index (χ1n) is 5.47. The first-order chi connectivity index (χ1) is 8.15. The monoisotopic (exact) mass is 272 g/mol. The van der Waals surface area contributed by atoms with Crippen LogP contribution in [-0.4, -0.2) is 24.9 Å². The molecule has 0 spiro atoms. The molecule has 0 radical (unpaired) electrons. The van der Waals surface area contributed by atoms with Gasteiger partial charge in [-0.2, -0.15) is 0 Å². The van der Waals surface area contributed by atoms with Gasteiger partial charge in [-0.25, -0.2) is 0 Å². The van der Waals surface area contributed by atoms with E-state index >= 15 is 0 Å². The lowest BCUT2D eigenvalue weighted by atomic mass is 10.2. The molecule has 3 nitrogen and oxygen atoms in total. The van der Waals surface area contributed by atoms with Gasteiger partial charge in [0.05, 0.1) is 12.6 Å². The standard InChI is InChI=1S/C12H17ClN2OS/c1-3-10(8-16-2)14-12(17)15-11-6-4-5-9(13)7-11/h4-7,10H,3,8H2,1-2H3,(H2,14,15,17). The van der Waals surface area contributed by atoms with Gasteiger partial charge in [0.15, 0.2) is 5.11 Å². The van der Waals surface area contributed by atoms with E-state index in [9.17, 15) is 0 Å². The normalized spacial score (nSPS) is 11.9. The molecule has 0 bridgehead atoms. The summed E-state index contributed by atoms with van der Waals surface area (Å²) in [6.07, 6.45) is 0.950. The molecule has 0 amide bonds. The van der Waals surface area contributed by atoms with Crippen LogP contribution in [0, 0.1) is 0 Å². The SMILES string of the molecule is CCC(COC)NC(=S)Nc1cccc(Cl)c1. The number of hydrogen-bond donors (Lipinski definition) is 2. The lowest BCUT2D eigenvalue weighted by Gasteiger charge is -2.18. The van der Waals surface area contributed by atoms with Gasteiger partial charge in [0.1, 0.15) is 0 Å². The summed E-state index contributed by atoms with van der Waals surface area (Å²) in [5.74, 6) is 0. The van der Waals surface area contributed by atoms with Crippen molar-refractivity contribution < 1.29 is 4.74 Å². The first kappa shape index (κ1) is 14.2. The van der Waals surface area contributed by atoms with E-state index in [0.29, 0.717) is 16.7 Å². The lowest BCUT2D eigenvalue weighted by molar-refractivity contribution is 0.172. The third kappa shape index (κ3) is 5.35. The second-order valence-corrected chi connectivity index (χ2v) is 4.51. The van der Waals surface area contributed by atoms with Crippen molar-refractivity contribution >= 4 is 34.6 Å². The van der Waals surface area contributed by atoms with E-state index in [1.165, 1.54) is 0 Å². The molecule has 1 unspecified atom stereocenters. The van der Waals surface area contributed by atoms with Gasteiger partial charge in [-0.05, 0) is 36.8 Å². The number of halogens is 1. The Morgan fingerprint density at radius 3 is 2.88 bits per heavy atom. The third-order valence-electron chi connectivity index (χ3n) is 2.28. The quantitative estimate of drug-likeness (QED) is 0.808. The Morgan fingerprint density at radius 2 is 2.29 bits per heavy atom. The van der Waals surface area contributed by atoms with Crippen molar-refractivity contribution in [1.29, 1.82) is 0 Å². The van der Waals surface area contributed by atoms with Crippen LogP contribution in [0.1, 0.15) is 13.3 Å². The molecule has 0 saturated heterocycles. The molecule has 2 N–H and O–H groups in total. The minimum atomic E-state index is 0.221. The Kier molecular flexibility index (Phi) is 6.26. The maximum absolute atomic E-state index is 5.89. The molecule has 0 aliphatic rings. The van der Waals surface area contributed by atoms with Crippen LogP contribution in [0.2, 0.25) is 5.02 Å². The van der Waals surface area contributed by atoms with E-state index in [2.05, 4.69) is 17.6 Å². The summed E-state index contributed by atoms with van der Waals surface area (Å²) in [5, 5.41) is 7.54. The summed E-state index contributed by atoms with van der Waals surface area (Å²) in [4.78, 5) is 0. The van der Waals surface area contributed by atoms with Gasteiger partial charge in [-0.1, -0.05) is 24.6 Å². The number of ether oxygens (including phenoxy) is 1. The predicted molar refractivity (Wildman–Crippen MR) is 76.8 cm³/mol. The molecule has 94 valence electrons. The van der Waals surface area contributed by atoms with Gasteiger partial charge in [0, 0.05) is 17.8 Å². The average molecular weight is 273 g/mol.